The van der Waals surface area contributed by atoms with Crippen LogP contribution in [0.3, 0.4) is 0 Å². The van der Waals surface area contributed by atoms with Crippen LogP contribution in [0.15, 0.2) is 33.9 Å². The first-order valence-corrected chi connectivity index (χ1v) is 9.53. The number of carbonyl (C=O) groups excluding carboxylic acids is 1. The molecule has 0 aliphatic heterocycles. The van der Waals surface area contributed by atoms with Gasteiger partial charge in [-0.25, -0.2) is 4.79 Å². The van der Waals surface area contributed by atoms with Crippen molar-refractivity contribution in [3.63, 3.8) is 0 Å². The van der Waals surface area contributed by atoms with Crippen LogP contribution in [0.5, 0.6) is 16.8 Å². The normalized spacial score (nSPS) is 10.9. The molecule has 0 aliphatic carbocycles. The molecule has 0 radical (unpaired) electrons. The zero-order valence-electron chi connectivity index (χ0n) is 14.9. The van der Waals surface area contributed by atoms with Gasteiger partial charge in [0.15, 0.2) is 16.2 Å². The molecule has 2 aromatic heterocycles. The van der Waals surface area contributed by atoms with E-state index in [4.69, 9.17) is 27.9 Å². The van der Waals surface area contributed by atoms with Crippen LogP contribution < -0.4 is 21.3 Å². The fraction of sp³-hybridized carbons (Fsp3) is 0.188. The molecule has 10 nitrogen and oxygen atoms in total. The monoisotopic (exact) mass is 457 g/mol. The first-order chi connectivity index (χ1) is 13.7. The summed E-state index contributed by atoms with van der Waals surface area (Å²) in [6, 6.07) is 6.14. The van der Waals surface area contributed by atoms with E-state index in [1.807, 2.05) is 0 Å². The zero-order chi connectivity index (χ0) is 21.3. The molecule has 0 fully saturated rings. The summed E-state index contributed by atoms with van der Waals surface area (Å²) in [5, 5.41) is 12.7. The lowest BCUT2D eigenvalue weighted by atomic mass is 10.2. The maximum atomic E-state index is 12.4. The number of alkyl halides is 2. The Morgan fingerprint density at radius 2 is 1.86 bits per heavy atom. The molecule has 1 amide bonds. The van der Waals surface area contributed by atoms with Crippen molar-refractivity contribution in [3.8, 4) is 16.8 Å². The van der Waals surface area contributed by atoms with Crippen molar-refractivity contribution in [1.29, 1.82) is 0 Å². The minimum Gasteiger partial charge on any atom is -0.494 e. The van der Waals surface area contributed by atoms with Crippen molar-refractivity contribution in [1.82, 2.24) is 18.5 Å². The predicted octanol–water partition coefficient (Wildman–Crippen LogP) is 2.16. The van der Waals surface area contributed by atoms with Gasteiger partial charge in [0.2, 0.25) is 5.88 Å². The summed E-state index contributed by atoms with van der Waals surface area (Å²) in [4.78, 5) is 39.5. The maximum Gasteiger partial charge on any atom is 0.333 e. The van der Waals surface area contributed by atoms with Gasteiger partial charge in [0.05, 0.1) is 0 Å². The van der Waals surface area contributed by atoms with Gasteiger partial charge in [-0.05, 0) is 24.3 Å². The van der Waals surface area contributed by atoms with Crippen molar-refractivity contribution >= 4 is 46.3 Å². The molecule has 2 N–H and O–H groups in total. The summed E-state index contributed by atoms with van der Waals surface area (Å²) < 4.78 is 11.0. The molecule has 1 aromatic carbocycles. The first kappa shape index (κ1) is 20.8. The number of halogens is 2. The lowest BCUT2D eigenvalue weighted by Gasteiger charge is -2.11. The average Bonchev–Trinajstić information content (AvgIpc) is 3.15. The summed E-state index contributed by atoms with van der Waals surface area (Å²) in [6.45, 7) is 0. The number of carbonyl (C=O) groups is 1. The molecular formula is C16H13Cl2N5O5S. The number of amides is 1. The minimum absolute atomic E-state index is 0.232. The Hall–Kier alpha value is -2.89. The molecule has 3 rings (SSSR count). The lowest BCUT2D eigenvalue weighted by molar-refractivity contribution is 0.102. The molecule has 13 heteroatoms. The Kier molecular flexibility index (Phi) is 5.91. The molecule has 0 bridgehead atoms. The fourth-order valence-electron chi connectivity index (χ4n) is 2.28. The molecule has 3 aromatic rings. The van der Waals surface area contributed by atoms with E-state index in [1.54, 1.807) is 12.1 Å². The molecule has 0 saturated heterocycles. The number of hydrogen-bond acceptors (Lipinski definition) is 8. The van der Waals surface area contributed by atoms with Crippen molar-refractivity contribution in [2.75, 3.05) is 5.32 Å². The number of benzene rings is 1. The minimum atomic E-state index is -0.910. The highest BCUT2D eigenvalue weighted by molar-refractivity contribution is 7.07. The van der Waals surface area contributed by atoms with Gasteiger partial charge in [0.25, 0.3) is 16.7 Å². The van der Waals surface area contributed by atoms with Gasteiger partial charge >= 0.3 is 5.69 Å². The van der Waals surface area contributed by atoms with Gasteiger partial charge in [0, 0.05) is 31.3 Å². The number of anilines is 1. The number of hydrogen-bond donors (Lipinski definition) is 2. The molecule has 0 saturated carbocycles. The number of aromatic hydroxyl groups is 1. The highest BCUT2D eigenvalue weighted by Crippen LogP contribution is 2.29. The van der Waals surface area contributed by atoms with Crippen LogP contribution in [0.1, 0.15) is 21.0 Å². The van der Waals surface area contributed by atoms with Crippen LogP contribution in [0.2, 0.25) is 0 Å². The van der Waals surface area contributed by atoms with Crippen molar-refractivity contribution in [2.24, 2.45) is 14.1 Å². The third-order valence-electron chi connectivity index (χ3n) is 3.80. The van der Waals surface area contributed by atoms with E-state index in [2.05, 4.69) is 14.7 Å². The molecule has 0 unspecified atom stereocenters. The fourth-order valence-corrected chi connectivity index (χ4v) is 3.18. The van der Waals surface area contributed by atoms with Crippen molar-refractivity contribution in [2.45, 2.75) is 4.84 Å². The Bertz CT molecular complexity index is 1190. The average molecular weight is 458 g/mol. The van der Waals surface area contributed by atoms with Gasteiger partial charge < -0.3 is 15.2 Å². The van der Waals surface area contributed by atoms with E-state index >= 15 is 0 Å². The SMILES string of the molecule is Cn1c(O)c(C(=O)Nc2ccc(Oc3nc(C(Cl)Cl)ns3)cc2)c(=O)n(C)c1=O. The van der Waals surface area contributed by atoms with E-state index in [-0.39, 0.29) is 11.0 Å². The van der Waals surface area contributed by atoms with E-state index in [9.17, 15) is 19.5 Å². The van der Waals surface area contributed by atoms with E-state index in [1.165, 1.54) is 26.2 Å². The van der Waals surface area contributed by atoms with Crippen LogP contribution in [-0.4, -0.2) is 29.5 Å². The number of nitrogens with zero attached hydrogens (tertiary/aromatic N) is 4. The standard InChI is InChI=1S/C16H13Cl2N5O5S/c1-22-13(25)9(14(26)23(2)16(22)27)12(24)19-7-3-5-8(6-4-7)28-15-20-11(10(17)18)21-29-15/h3-6,10,25H,1-2H3,(H,19,24). The van der Waals surface area contributed by atoms with Gasteiger partial charge in [-0.15, -0.1) is 0 Å². The second-order valence-corrected chi connectivity index (χ2v) is 7.51. The Balaban J connectivity index is 1.77. The van der Waals surface area contributed by atoms with E-state index in [0.29, 0.717) is 11.4 Å². The Morgan fingerprint density at radius 3 is 2.45 bits per heavy atom. The number of nitrogens with one attached hydrogen (secondary N) is 1. The van der Waals surface area contributed by atoms with Gasteiger partial charge in [-0.1, -0.05) is 23.2 Å². The quantitative estimate of drug-likeness (QED) is 0.561. The maximum absolute atomic E-state index is 12.4. The molecular weight excluding hydrogens is 445 g/mol. The smallest absolute Gasteiger partial charge is 0.333 e. The topological polar surface area (TPSA) is 128 Å². The first-order valence-electron chi connectivity index (χ1n) is 7.89. The van der Waals surface area contributed by atoms with Crippen LogP contribution in [0.4, 0.5) is 5.69 Å². The third-order valence-corrected chi connectivity index (χ3v) is 4.80. The van der Waals surface area contributed by atoms with Crippen molar-refractivity contribution < 1.29 is 14.6 Å². The molecule has 0 atom stereocenters. The molecule has 152 valence electrons. The second-order valence-electron chi connectivity index (χ2n) is 5.70. The summed E-state index contributed by atoms with van der Waals surface area (Å²) in [5.41, 5.74) is -1.88. The summed E-state index contributed by atoms with van der Waals surface area (Å²) >= 11 is 12.3. The van der Waals surface area contributed by atoms with Gasteiger partial charge in [-0.3, -0.25) is 18.7 Å². The predicted molar refractivity (Wildman–Crippen MR) is 107 cm³/mol. The molecule has 0 aliphatic rings. The van der Waals surface area contributed by atoms with Gasteiger partial charge in [0.1, 0.15) is 5.75 Å². The van der Waals surface area contributed by atoms with Crippen LogP contribution in [0.25, 0.3) is 0 Å². The zero-order valence-corrected chi connectivity index (χ0v) is 17.2. The lowest BCUT2D eigenvalue weighted by Crippen LogP contribution is -2.40. The molecule has 29 heavy (non-hydrogen) atoms. The highest BCUT2D eigenvalue weighted by Gasteiger charge is 2.22. The van der Waals surface area contributed by atoms with Gasteiger partial charge in [-0.2, -0.15) is 9.36 Å². The summed E-state index contributed by atoms with van der Waals surface area (Å²) in [7, 11) is 2.46. The van der Waals surface area contributed by atoms with Crippen LogP contribution in [0, 0.1) is 0 Å². The molecule has 0 spiro atoms. The number of rotatable bonds is 5. The molecule has 2 heterocycles. The van der Waals surface area contributed by atoms with Crippen molar-refractivity contribution in [3.05, 3.63) is 56.5 Å². The van der Waals surface area contributed by atoms with Crippen LogP contribution >= 0.6 is 34.7 Å². The Labute approximate surface area is 177 Å². The summed E-state index contributed by atoms with van der Waals surface area (Å²) in [6.07, 6.45) is 0. The third kappa shape index (κ3) is 4.26. The summed E-state index contributed by atoms with van der Waals surface area (Å²) in [5.74, 6) is -0.945. The highest BCUT2D eigenvalue weighted by atomic mass is 35.5. The van der Waals surface area contributed by atoms with E-state index < -0.39 is 33.4 Å². The van der Waals surface area contributed by atoms with Crippen LogP contribution in [-0.2, 0) is 14.1 Å². The second kappa shape index (κ2) is 8.23. The van der Waals surface area contributed by atoms with E-state index in [0.717, 1.165) is 20.7 Å². The number of aromatic nitrogens is 4. The number of ether oxygens (including phenoxy) is 1. The Morgan fingerprint density at radius 1 is 1.21 bits per heavy atom. The largest absolute Gasteiger partial charge is 0.494 e.